The average molecular weight is 280 g/mol. The maximum absolute atomic E-state index is 5.48. The van der Waals surface area contributed by atoms with Gasteiger partial charge in [0.15, 0.2) is 5.65 Å². The van der Waals surface area contributed by atoms with Gasteiger partial charge in [-0.05, 0) is 36.6 Å². The van der Waals surface area contributed by atoms with Gasteiger partial charge in [-0.3, -0.25) is 9.55 Å². The molecule has 1 saturated heterocycles. The Labute approximate surface area is 122 Å². The molecule has 0 amide bonds. The Hall–Kier alpha value is -2.27. The van der Waals surface area contributed by atoms with Crippen LogP contribution in [0.3, 0.4) is 0 Å². The lowest BCUT2D eigenvalue weighted by Gasteiger charge is -2.10. The molecule has 1 atom stereocenters. The summed E-state index contributed by atoms with van der Waals surface area (Å²) in [7, 11) is 0. The van der Waals surface area contributed by atoms with Gasteiger partial charge in [-0.15, -0.1) is 0 Å². The highest BCUT2D eigenvalue weighted by Crippen LogP contribution is 2.24. The first-order chi connectivity index (χ1) is 10.4. The van der Waals surface area contributed by atoms with E-state index in [1.54, 1.807) is 12.4 Å². The lowest BCUT2D eigenvalue weighted by Crippen LogP contribution is -2.10. The highest BCUT2D eigenvalue weighted by Gasteiger charge is 2.21. The minimum absolute atomic E-state index is 0.539. The first-order valence-electron chi connectivity index (χ1n) is 7.22. The van der Waals surface area contributed by atoms with Crippen LogP contribution in [0, 0.1) is 5.92 Å². The molecule has 1 fully saturated rings. The van der Waals surface area contributed by atoms with E-state index in [1.165, 1.54) is 0 Å². The van der Waals surface area contributed by atoms with Crippen molar-refractivity contribution in [3.05, 3.63) is 48.7 Å². The van der Waals surface area contributed by atoms with Crippen LogP contribution in [0.5, 0.6) is 0 Å². The van der Waals surface area contributed by atoms with Crippen LogP contribution in [0.1, 0.15) is 12.2 Å². The van der Waals surface area contributed by atoms with E-state index < -0.39 is 0 Å². The Morgan fingerprint density at radius 2 is 2.19 bits per heavy atom. The van der Waals surface area contributed by atoms with E-state index in [0.29, 0.717) is 5.92 Å². The third-order valence-corrected chi connectivity index (χ3v) is 3.88. The van der Waals surface area contributed by atoms with Crippen molar-refractivity contribution in [2.45, 2.75) is 12.8 Å². The number of ether oxygens (including phenoxy) is 1. The zero-order valence-corrected chi connectivity index (χ0v) is 11.6. The second kappa shape index (κ2) is 5.26. The monoisotopic (exact) mass is 280 g/mol. The summed E-state index contributed by atoms with van der Waals surface area (Å²) in [5, 5.41) is 0. The minimum atomic E-state index is 0.539. The Morgan fingerprint density at radius 1 is 1.24 bits per heavy atom. The van der Waals surface area contributed by atoms with Gasteiger partial charge < -0.3 is 4.74 Å². The normalized spacial score (nSPS) is 18.4. The number of rotatable bonds is 3. The fourth-order valence-corrected chi connectivity index (χ4v) is 2.86. The largest absolute Gasteiger partial charge is 0.381 e. The summed E-state index contributed by atoms with van der Waals surface area (Å²) in [4.78, 5) is 13.5. The molecule has 3 aromatic rings. The Balaban J connectivity index is 1.84. The van der Waals surface area contributed by atoms with Crippen LogP contribution in [-0.4, -0.2) is 32.7 Å². The molecule has 5 heteroatoms. The zero-order chi connectivity index (χ0) is 14.1. The van der Waals surface area contributed by atoms with Crippen molar-refractivity contribution in [2.75, 3.05) is 13.2 Å². The summed E-state index contributed by atoms with van der Waals surface area (Å²) in [5.74, 6) is 1.57. The second-order valence-electron chi connectivity index (χ2n) is 5.35. The Kier molecular flexibility index (Phi) is 3.12. The molecule has 21 heavy (non-hydrogen) atoms. The van der Waals surface area contributed by atoms with E-state index in [9.17, 15) is 0 Å². The first-order valence-corrected chi connectivity index (χ1v) is 7.22. The molecular weight excluding hydrogens is 264 g/mol. The maximum Gasteiger partial charge on any atom is 0.164 e. The molecule has 0 bridgehead atoms. The summed E-state index contributed by atoms with van der Waals surface area (Å²) in [6.07, 6.45) is 7.44. The van der Waals surface area contributed by atoms with Crippen LogP contribution >= 0.6 is 0 Å². The Morgan fingerprint density at radius 3 is 3.00 bits per heavy atom. The minimum Gasteiger partial charge on any atom is -0.381 e. The molecule has 4 rings (SSSR count). The molecule has 4 heterocycles. The standard InChI is InChI=1S/C16H16N4O/c1-3-13(10-17-6-1)20-15(9-12-5-8-21-11-12)19-14-4-2-7-18-16(14)20/h1-4,6-7,10,12H,5,8-9,11H2. The van der Waals surface area contributed by atoms with Crippen molar-refractivity contribution in [3.63, 3.8) is 0 Å². The lowest BCUT2D eigenvalue weighted by molar-refractivity contribution is 0.185. The van der Waals surface area contributed by atoms with E-state index in [2.05, 4.69) is 14.5 Å². The van der Waals surface area contributed by atoms with Crippen molar-refractivity contribution in [3.8, 4) is 5.69 Å². The van der Waals surface area contributed by atoms with Gasteiger partial charge in [0.05, 0.1) is 11.9 Å². The molecule has 0 saturated carbocycles. The molecule has 1 aliphatic rings. The van der Waals surface area contributed by atoms with Crippen molar-refractivity contribution >= 4 is 11.2 Å². The highest BCUT2D eigenvalue weighted by molar-refractivity contribution is 5.73. The molecule has 106 valence electrons. The lowest BCUT2D eigenvalue weighted by atomic mass is 10.0. The molecule has 0 aliphatic carbocycles. The van der Waals surface area contributed by atoms with Gasteiger partial charge in [-0.25, -0.2) is 9.97 Å². The van der Waals surface area contributed by atoms with Gasteiger partial charge in [-0.1, -0.05) is 0 Å². The van der Waals surface area contributed by atoms with Crippen molar-refractivity contribution in [1.29, 1.82) is 0 Å². The van der Waals surface area contributed by atoms with Crippen LogP contribution in [-0.2, 0) is 11.2 Å². The third kappa shape index (κ3) is 2.29. The summed E-state index contributed by atoms with van der Waals surface area (Å²) in [6.45, 7) is 1.68. The van der Waals surface area contributed by atoms with Gasteiger partial charge in [0.1, 0.15) is 11.3 Å². The maximum atomic E-state index is 5.48. The second-order valence-corrected chi connectivity index (χ2v) is 5.35. The predicted octanol–water partition coefficient (Wildman–Crippen LogP) is 2.39. The van der Waals surface area contributed by atoms with E-state index in [4.69, 9.17) is 9.72 Å². The summed E-state index contributed by atoms with van der Waals surface area (Å²) < 4.78 is 7.60. The van der Waals surface area contributed by atoms with Crippen molar-refractivity contribution < 1.29 is 4.74 Å². The number of pyridine rings is 2. The van der Waals surface area contributed by atoms with Crippen LogP contribution in [0.4, 0.5) is 0 Å². The molecule has 0 spiro atoms. The summed E-state index contributed by atoms with van der Waals surface area (Å²) in [5.41, 5.74) is 2.82. The van der Waals surface area contributed by atoms with Gasteiger partial charge >= 0.3 is 0 Å². The third-order valence-electron chi connectivity index (χ3n) is 3.88. The molecule has 3 aromatic heterocycles. The summed E-state index contributed by atoms with van der Waals surface area (Å²) >= 11 is 0. The Bertz CT molecular complexity index is 747. The molecule has 0 aromatic carbocycles. The van der Waals surface area contributed by atoms with Gasteiger partial charge in [0.2, 0.25) is 0 Å². The number of nitrogens with zero attached hydrogens (tertiary/aromatic N) is 4. The molecule has 5 nitrogen and oxygen atoms in total. The molecule has 0 N–H and O–H groups in total. The average Bonchev–Trinajstić information content (AvgIpc) is 3.15. The van der Waals surface area contributed by atoms with Crippen molar-refractivity contribution in [1.82, 2.24) is 19.5 Å². The predicted molar refractivity (Wildman–Crippen MR) is 79.3 cm³/mol. The van der Waals surface area contributed by atoms with Crippen molar-refractivity contribution in [2.24, 2.45) is 5.92 Å². The van der Waals surface area contributed by atoms with Crippen LogP contribution in [0.15, 0.2) is 42.9 Å². The topological polar surface area (TPSA) is 52.8 Å². The van der Waals surface area contributed by atoms with E-state index in [0.717, 1.165) is 48.7 Å². The SMILES string of the molecule is c1cncc(-n2c(CC3CCOC3)nc3cccnc32)c1. The number of hydrogen-bond donors (Lipinski definition) is 0. The molecule has 1 unspecified atom stereocenters. The van der Waals surface area contributed by atoms with Crippen LogP contribution < -0.4 is 0 Å². The van der Waals surface area contributed by atoms with Crippen LogP contribution in [0.25, 0.3) is 16.9 Å². The highest BCUT2D eigenvalue weighted by atomic mass is 16.5. The molecular formula is C16H16N4O. The van der Waals surface area contributed by atoms with E-state index in [1.807, 2.05) is 30.5 Å². The van der Waals surface area contributed by atoms with Gasteiger partial charge in [-0.2, -0.15) is 0 Å². The fourth-order valence-electron chi connectivity index (χ4n) is 2.86. The van der Waals surface area contributed by atoms with E-state index in [-0.39, 0.29) is 0 Å². The van der Waals surface area contributed by atoms with Gasteiger partial charge in [0.25, 0.3) is 0 Å². The van der Waals surface area contributed by atoms with E-state index >= 15 is 0 Å². The van der Waals surface area contributed by atoms with Crippen LogP contribution in [0.2, 0.25) is 0 Å². The zero-order valence-electron chi connectivity index (χ0n) is 11.6. The smallest absolute Gasteiger partial charge is 0.164 e. The quantitative estimate of drug-likeness (QED) is 0.739. The first kappa shape index (κ1) is 12.5. The number of fused-ring (bicyclic) bond motifs is 1. The molecule has 0 radical (unpaired) electrons. The number of aromatic nitrogens is 4. The fraction of sp³-hybridized carbons (Fsp3) is 0.312. The number of imidazole rings is 1. The van der Waals surface area contributed by atoms with Gasteiger partial charge in [0, 0.05) is 32.0 Å². The summed E-state index contributed by atoms with van der Waals surface area (Å²) in [6, 6.07) is 7.90. The molecule has 1 aliphatic heterocycles. The number of hydrogen-bond acceptors (Lipinski definition) is 4.